The van der Waals surface area contributed by atoms with E-state index in [0.29, 0.717) is 0 Å². The van der Waals surface area contributed by atoms with Crippen LogP contribution in [0.3, 0.4) is 0 Å². The van der Waals surface area contributed by atoms with Gasteiger partial charge < -0.3 is 11.7 Å². The molecule has 7 nitrogen and oxygen atoms in total. The average molecular weight is 117 g/mol. The normalized spacial score (nSPS) is 11.1. The van der Waals surface area contributed by atoms with Gasteiger partial charge in [-0.2, -0.15) is 0 Å². The van der Waals surface area contributed by atoms with Crippen molar-refractivity contribution in [1.29, 1.82) is 0 Å². The highest BCUT2D eigenvalue weighted by Crippen LogP contribution is 1.81. The second-order valence-electron chi connectivity index (χ2n) is 0.899. The minimum atomic E-state index is 1.03. The van der Waals surface area contributed by atoms with Gasteiger partial charge in [0, 0.05) is 0 Å². The summed E-state index contributed by atoms with van der Waals surface area (Å²) < 4.78 is 0. The van der Waals surface area contributed by atoms with Crippen molar-refractivity contribution in [3.63, 3.8) is 0 Å². The Kier molecular flexibility index (Phi) is 3.12. The van der Waals surface area contributed by atoms with E-state index >= 15 is 0 Å². The zero-order chi connectivity index (χ0) is 6.41. The molecular formula is CH7N7. The summed E-state index contributed by atoms with van der Waals surface area (Å²) in [5, 5.41) is 13.2. The molecule has 4 N–H and O–H groups in total. The summed E-state index contributed by atoms with van der Waals surface area (Å²) in [6.45, 7) is 0. The maximum absolute atomic E-state index is 4.63. The van der Waals surface area contributed by atoms with Crippen LogP contribution in [0.1, 0.15) is 0 Å². The number of rotatable bonds is 2. The molecule has 0 spiro atoms. The Morgan fingerprint density at radius 3 is 1.75 bits per heavy atom. The van der Waals surface area contributed by atoms with Crippen LogP contribution < -0.4 is 11.7 Å². The van der Waals surface area contributed by atoms with E-state index < -0.39 is 0 Å². The highest BCUT2D eigenvalue weighted by atomic mass is 15.8. The lowest BCUT2D eigenvalue weighted by Crippen LogP contribution is -2.01. The van der Waals surface area contributed by atoms with Crippen molar-refractivity contribution in [2.75, 3.05) is 7.05 Å². The zero-order valence-corrected chi connectivity index (χ0v) is 4.39. The van der Waals surface area contributed by atoms with Crippen LogP contribution in [0.5, 0.6) is 0 Å². The van der Waals surface area contributed by atoms with Gasteiger partial charge in [-0.3, -0.25) is 0 Å². The fraction of sp³-hybridized carbons (Fsp3) is 1.00. The number of nitrogens with two attached hydrogens (primary N) is 2. The smallest absolute Gasteiger partial charge is 0.0532 e. The SMILES string of the molecule is CN(N=NN)N=NN. The lowest BCUT2D eigenvalue weighted by atomic mass is 11.4. The summed E-state index contributed by atoms with van der Waals surface area (Å²) in [5.41, 5.74) is 0. The van der Waals surface area contributed by atoms with Crippen molar-refractivity contribution < 1.29 is 0 Å². The Bertz CT molecular complexity index is 80.6. The predicted molar refractivity (Wildman–Crippen MR) is 25.8 cm³/mol. The Morgan fingerprint density at radius 1 is 1.12 bits per heavy atom. The van der Waals surface area contributed by atoms with Crippen LogP contribution in [0.15, 0.2) is 20.9 Å². The van der Waals surface area contributed by atoms with E-state index in [0.717, 1.165) is 5.12 Å². The van der Waals surface area contributed by atoms with Crippen LogP contribution in [0.4, 0.5) is 0 Å². The van der Waals surface area contributed by atoms with Crippen LogP contribution in [0.2, 0.25) is 0 Å². The summed E-state index contributed by atoms with van der Waals surface area (Å²) in [7, 11) is 1.49. The van der Waals surface area contributed by atoms with Crippen molar-refractivity contribution in [3.8, 4) is 0 Å². The molecule has 0 aromatic carbocycles. The van der Waals surface area contributed by atoms with Crippen molar-refractivity contribution in [1.82, 2.24) is 5.12 Å². The van der Waals surface area contributed by atoms with E-state index in [1.807, 2.05) is 0 Å². The molecule has 8 heavy (non-hydrogen) atoms. The first-order chi connectivity index (χ1) is 3.81. The highest BCUT2D eigenvalue weighted by molar-refractivity contribution is 4.14. The third-order valence-corrected chi connectivity index (χ3v) is 0.362. The van der Waals surface area contributed by atoms with Crippen LogP contribution in [-0.4, -0.2) is 12.2 Å². The quantitative estimate of drug-likeness (QED) is 0.286. The Morgan fingerprint density at radius 2 is 1.50 bits per heavy atom. The van der Waals surface area contributed by atoms with Gasteiger partial charge in [-0.05, 0) is 10.4 Å². The summed E-state index contributed by atoms with van der Waals surface area (Å²) in [4.78, 5) is 0. The van der Waals surface area contributed by atoms with Gasteiger partial charge in [0.05, 0.1) is 7.05 Å². The first kappa shape index (κ1) is 6.60. The second kappa shape index (κ2) is 3.78. The Hall–Kier alpha value is -1.40. The standard InChI is InChI=1S/CH7N7/c1-8(6-4-2)7-5-3/h1H3,(H2,2,6)(H2,3,7). The van der Waals surface area contributed by atoms with Crippen molar-refractivity contribution in [2.24, 2.45) is 32.6 Å². The second-order valence-corrected chi connectivity index (χ2v) is 0.899. The van der Waals surface area contributed by atoms with Gasteiger partial charge in [-0.15, -0.1) is 5.12 Å². The number of nitrogens with zero attached hydrogens (tertiary/aromatic N) is 5. The molecule has 0 unspecified atom stereocenters. The fourth-order valence-electron chi connectivity index (χ4n) is 0.167. The molecule has 0 heterocycles. The lowest BCUT2D eigenvalue weighted by molar-refractivity contribution is 0.317. The third-order valence-electron chi connectivity index (χ3n) is 0.362. The third kappa shape index (κ3) is 2.82. The van der Waals surface area contributed by atoms with Crippen molar-refractivity contribution in [2.45, 2.75) is 0 Å². The minimum Gasteiger partial charge on any atom is -0.303 e. The molecule has 0 aliphatic carbocycles. The summed E-state index contributed by atoms with van der Waals surface area (Å²) in [6, 6.07) is 0. The zero-order valence-electron chi connectivity index (χ0n) is 4.39. The minimum absolute atomic E-state index is 1.03. The maximum Gasteiger partial charge on any atom is 0.0532 e. The van der Waals surface area contributed by atoms with E-state index in [9.17, 15) is 0 Å². The van der Waals surface area contributed by atoms with Crippen molar-refractivity contribution >= 4 is 0 Å². The molecule has 7 heteroatoms. The van der Waals surface area contributed by atoms with Gasteiger partial charge in [0.15, 0.2) is 0 Å². The van der Waals surface area contributed by atoms with E-state index in [4.69, 9.17) is 0 Å². The topological polar surface area (TPSA) is 105 Å². The van der Waals surface area contributed by atoms with E-state index in [1.54, 1.807) is 0 Å². The van der Waals surface area contributed by atoms with E-state index in [2.05, 4.69) is 32.6 Å². The molecule has 0 bridgehead atoms. The monoisotopic (exact) mass is 117 g/mol. The molecule has 0 saturated carbocycles. The molecule has 0 aromatic heterocycles. The highest BCUT2D eigenvalue weighted by Gasteiger charge is 1.80. The van der Waals surface area contributed by atoms with Crippen LogP contribution in [0, 0.1) is 0 Å². The predicted octanol–water partition coefficient (Wildman–Crippen LogP) is -0.600. The molecular weight excluding hydrogens is 110 g/mol. The molecule has 0 aliphatic heterocycles. The van der Waals surface area contributed by atoms with Crippen LogP contribution in [-0.2, 0) is 0 Å². The largest absolute Gasteiger partial charge is 0.303 e. The molecule has 0 fully saturated rings. The fourth-order valence-corrected chi connectivity index (χ4v) is 0.167. The summed E-state index contributed by atoms with van der Waals surface area (Å²) >= 11 is 0. The molecule has 0 amide bonds. The Balaban J connectivity index is 3.47. The van der Waals surface area contributed by atoms with Gasteiger partial charge in [0.1, 0.15) is 0 Å². The molecule has 0 aromatic rings. The van der Waals surface area contributed by atoms with Gasteiger partial charge in [0.2, 0.25) is 0 Å². The Labute approximate surface area is 46.0 Å². The lowest BCUT2D eigenvalue weighted by Gasteiger charge is -1.95. The van der Waals surface area contributed by atoms with E-state index in [1.165, 1.54) is 7.05 Å². The molecule has 0 radical (unpaired) electrons. The van der Waals surface area contributed by atoms with Crippen LogP contribution >= 0.6 is 0 Å². The van der Waals surface area contributed by atoms with Gasteiger partial charge >= 0.3 is 0 Å². The van der Waals surface area contributed by atoms with Gasteiger partial charge in [-0.1, -0.05) is 10.4 Å². The summed E-state index contributed by atoms with van der Waals surface area (Å²) in [5.74, 6) is 9.27. The molecule has 0 aliphatic rings. The summed E-state index contributed by atoms with van der Waals surface area (Å²) in [6.07, 6.45) is 0. The van der Waals surface area contributed by atoms with Gasteiger partial charge in [0.25, 0.3) is 0 Å². The molecule has 0 saturated heterocycles. The first-order valence-electron chi connectivity index (χ1n) is 1.76. The van der Waals surface area contributed by atoms with Gasteiger partial charge in [-0.25, -0.2) is 0 Å². The molecule has 0 atom stereocenters. The molecule has 0 rings (SSSR count). The van der Waals surface area contributed by atoms with Crippen LogP contribution in [0.25, 0.3) is 0 Å². The average Bonchev–Trinajstić information content (AvgIpc) is 1.68. The number of hydrogen-bond acceptors (Lipinski definition) is 4. The first-order valence-corrected chi connectivity index (χ1v) is 1.76. The number of hydrogen-bond donors (Lipinski definition) is 2. The van der Waals surface area contributed by atoms with E-state index in [-0.39, 0.29) is 0 Å². The molecule has 46 valence electrons. The van der Waals surface area contributed by atoms with Crippen molar-refractivity contribution in [3.05, 3.63) is 0 Å². The maximum atomic E-state index is 4.63.